The molecule has 31 heavy (non-hydrogen) atoms. The molecule has 7 heteroatoms. The number of carbonyl (C=O) groups excluding carboxylic acids is 1. The van der Waals surface area contributed by atoms with Gasteiger partial charge in [0, 0.05) is 40.0 Å². The largest absolute Gasteiger partial charge is 0.379 e. The Kier molecular flexibility index (Phi) is 7.45. The van der Waals surface area contributed by atoms with E-state index in [2.05, 4.69) is 31.1 Å². The van der Waals surface area contributed by atoms with Gasteiger partial charge in [0.1, 0.15) is 0 Å². The average Bonchev–Trinajstić information content (AvgIpc) is 3.14. The van der Waals surface area contributed by atoms with Gasteiger partial charge in [0.15, 0.2) is 0 Å². The molecule has 2 N–H and O–H groups in total. The maximum absolute atomic E-state index is 13.1. The van der Waals surface area contributed by atoms with Crippen LogP contribution in [0.4, 0.5) is 0 Å². The highest BCUT2D eigenvalue weighted by molar-refractivity contribution is 9.10. The van der Waals surface area contributed by atoms with Crippen LogP contribution in [0, 0.1) is 0 Å². The normalized spacial score (nSPS) is 15.0. The molecule has 4 rings (SSSR count). The lowest BCUT2D eigenvalue weighted by atomic mass is 10.1. The second-order valence-corrected chi connectivity index (χ2v) is 8.90. The van der Waals surface area contributed by atoms with Gasteiger partial charge in [-0.05, 0) is 48.9 Å². The second kappa shape index (κ2) is 10.5. The Hall–Kier alpha value is -2.12. The van der Waals surface area contributed by atoms with Crippen LogP contribution in [0.3, 0.4) is 0 Å². The topological polar surface area (TPSA) is 57.4 Å². The van der Waals surface area contributed by atoms with Crippen LogP contribution in [0.25, 0.3) is 23.1 Å². The Morgan fingerprint density at radius 3 is 2.71 bits per heavy atom. The third-order valence-corrected chi connectivity index (χ3v) is 6.11. The van der Waals surface area contributed by atoms with Crippen LogP contribution in [0.2, 0.25) is 5.02 Å². The van der Waals surface area contributed by atoms with Crippen LogP contribution >= 0.6 is 27.5 Å². The van der Waals surface area contributed by atoms with Crippen molar-refractivity contribution in [3.8, 4) is 0 Å². The molecular weight excluding hydrogens is 478 g/mol. The summed E-state index contributed by atoms with van der Waals surface area (Å²) in [6.07, 6.45) is 4.83. The van der Waals surface area contributed by atoms with E-state index >= 15 is 0 Å². The van der Waals surface area contributed by atoms with E-state index in [4.69, 9.17) is 16.3 Å². The number of hydrogen-bond donors (Lipinski definition) is 2. The molecule has 0 aliphatic carbocycles. The van der Waals surface area contributed by atoms with Crippen LogP contribution < -0.4 is 5.32 Å². The number of halogens is 2. The first-order valence-corrected chi connectivity index (χ1v) is 11.6. The lowest BCUT2D eigenvalue weighted by Gasteiger charge is -2.26. The van der Waals surface area contributed by atoms with E-state index in [1.54, 1.807) is 0 Å². The van der Waals surface area contributed by atoms with Gasteiger partial charge in [-0.15, -0.1) is 0 Å². The van der Waals surface area contributed by atoms with Crippen molar-refractivity contribution in [2.24, 2.45) is 0 Å². The van der Waals surface area contributed by atoms with Gasteiger partial charge >= 0.3 is 0 Å². The summed E-state index contributed by atoms with van der Waals surface area (Å²) in [7, 11) is 0. The number of ether oxygens (including phenoxy) is 1. The molecule has 1 aliphatic heterocycles. The number of morpholine rings is 1. The fraction of sp³-hybridized carbons (Fsp3) is 0.292. The highest BCUT2D eigenvalue weighted by atomic mass is 79.9. The van der Waals surface area contributed by atoms with Crippen LogP contribution in [-0.2, 0) is 4.74 Å². The molecule has 2 heterocycles. The lowest BCUT2D eigenvalue weighted by molar-refractivity contribution is 0.0374. The van der Waals surface area contributed by atoms with Gasteiger partial charge in [0.2, 0.25) is 0 Å². The number of amides is 1. The smallest absolute Gasteiger partial charge is 0.254 e. The molecule has 0 radical (unpaired) electrons. The zero-order valence-corrected chi connectivity index (χ0v) is 19.5. The lowest BCUT2D eigenvalue weighted by Crippen LogP contribution is -2.38. The maximum atomic E-state index is 13.1. The minimum Gasteiger partial charge on any atom is -0.379 e. The molecule has 0 spiro atoms. The standard InChI is InChI=1S/C24H25BrClN3O2/c25-18-5-8-20-22(16-18)28-21(9-4-17-2-6-19(26)7-3-17)23(20)24(30)27-10-1-11-29-12-14-31-15-13-29/h2-9,16,28H,1,10-15H2,(H,27,30)/b9-4+. The molecular formula is C24H25BrClN3O2. The van der Waals surface area contributed by atoms with Crippen LogP contribution in [0.1, 0.15) is 28.0 Å². The summed E-state index contributed by atoms with van der Waals surface area (Å²) in [6, 6.07) is 13.5. The number of carbonyl (C=O) groups is 1. The Labute approximate surface area is 195 Å². The van der Waals surface area contributed by atoms with E-state index in [1.165, 1.54) is 0 Å². The quantitative estimate of drug-likeness (QED) is 0.436. The van der Waals surface area contributed by atoms with Gasteiger partial charge in [-0.1, -0.05) is 51.8 Å². The molecule has 2 aromatic carbocycles. The van der Waals surface area contributed by atoms with Gasteiger partial charge in [-0.2, -0.15) is 0 Å². The highest BCUT2D eigenvalue weighted by Gasteiger charge is 2.17. The first kappa shape index (κ1) is 22.1. The van der Waals surface area contributed by atoms with Crippen molar-refractivity contribution < 1.29 is 9.53 Å². The summed E-state index contributed by atoms with van der Waals surface area (Å²) in [5, 5.41) is 4.70. The number of aromatic nitrogens is 1. The SMILES string of the molecule is O=C(NCCCN1CCOCC1)c1c(/C=C/c2ccc(Cl)cc2)[nH]c2cc(Br)ccc12. The fourth-order valence-electron chi connectivity index (χ4n) is 3.73. The Morgan fingerprint density at radius 1 is 1.16 bits per heavy atom. The number of nitrogens with zero attached hydrogens (tertiary/aromatic N) is 1. The molecule has 1 saturated heterocycles. The molecule has 0 saturated carbocycles. The zero-order chi connectivity index (χ0) is 21.6. The number of rotatable bonds is 7. The fourth-order valence-corrected chi connectivity index (χ4v) is 4.22. The van der Waals surface area contributed by atoms with Crippen molar-refractivity contribution in [2.75, 3.05) is 39.4 Å². The third-order valence-electron chi connectivity index (χ3n) is 5.37. The van der Waals surface area contributed by atoms with E-state index in [0.717, 1.165) is 65.9 Å². The van der Waals surface area contributed by atoms with E-state index < -0.39 is 0 Å². The van der Waals surface area contributed by atoms with Gasteiger partial charge in [-0.3, -0.25) is 9.69 Å². The molecule has 1 aromatic heterocycles. The molecule has 162 valence electrons. The summed E-state index contributed by atoms with van der Waals surface area (Å²) < 4.78 is 6.35. The number of H-pyrrole nitrogens is 1. The van der Waals surface area contributed by atoms with E-state index in [9.17, 15) is 4.79 Å². The van der Waals surface area contributed by atoms with Crippen molar-refractivity contribution in [3.05, 3.63) is 68.8 Å². The van der Waals surface area contributed by atoms with E-state index in [1.807, 2.05) is 54.6 Å². The molecule has 1 aliphatic rings. The minimum absolute atomic E-state index is 0.0636. The predicted molar refractivity (Wildman–Crippen MR) is 131 cm³/mol. The third kappa shape index (κ3) is 5.77. The summed E-state index contributed by atoms with van der Waals surface area (Å²) in [5.74, 6) is -0.0636. The van der Waals surface area contributed by atoms with Crippen LogP contribution in [0.5, 0.6) is 0 Å². The summed E-state index contributed by atoms with van der Waals surface area (Å²) in [6.45, 7) is 5.12. The Balaban J connectivity index is 1.49. The molecule has 5 nitrogen and oxygen atoms in total. The van der Waals surface area contributed by atoms with Gasteiger partial charge in [0.25, 0.3) is 5.91 Å². The summed E-state index contributed by atoms with van der Waals surface area (Å²) in [5.41, 5.74) is 3.39. The van der Waals surface area contributed by atoms with Crippen molar-refractivity contribution >= 4 is 56.5 Å². The number of benzene rings is 2. The molecule has 3 aromatic rings. The molecule has 1 amide bonds. The summed E-state index contributed by atoms with van der Waals surface area (Å²) in [4.78, 5) is 18.9. The first-order chi connectivity index (χ1) is 15.1. The maximum Gasteiger partial charge on any atom is 0.254 e. The van der Waals surface area contributed by atoms with E-state index in [-0.39, 0.29) is 5.91 Å². The van der Waals surface area contributed by atoms with Gasteiger partial charge in [0.05, 0.1) is 24.5 Å². The van der Waals surface area contributed by atoms with Crippen molar-refractivity contribution in [1.29, 1.82) is 0 Å². The summed E-state index contributed by atoms with van der Waals surface area (Å²) >= 11 is 9.49. The Bertz CT molecular complexity index is 1070. The van der Waals surface area contributed by atoms with Crippen molar-refractivity contribution in [1.82, 2.24) is 15.2 Å². The number of hydrogen-bond acceptors (Lipinski definition) is 3. The zero-order valence-electron chi connectivity index (χ0n) is 17.2. The average molecular weight is 503 g/mol. The Morgan fingerprint density at radius 2 is 1.94 bits per heavy atom. The first-order valence-electron chi connectivity index (χ1n) is 10.4. The monoisotopic (exact) mass is 501 g/mol. The highest BCUT2D eigenvalue weighted by Crippen LogP contribution is 2.27. The van der Waals surface area contributed by atoms with Crippen LogP contribution in [0.15, 0.2) is 46.9 Å². The van der Waals surface area contributed by atoms with Gasteiger partial charge in [-0.25, -0.2) is 0 Å². The van der Waals surface area contributed by atoms with E-state index in [0.29, 0.717) is 17.1 Å². The predicted octanol–water partition coefficient (Wildman–Crippen LogP) is 5.21. The number of fused-ring (bicyclic) bond motifs is 1. The molecule has 1 fully saturated rings. The molecule has 0 atom stereocenters. The molecule has 0 unspecified atom stereocenters. The second-order valence-electron chi connectivity index (χ2n) is 7.55. The molecule has 0 bridgehead atoms. The van der Waals surface area contributed by atoms with Crippen molar-refractivity contribution in [2.45, 2.75) is 6.42 Å². The number of aromatic amines is 1. The minimum atomic E-state index is -0.0636. The van der Waals surface area contributed by atoms with Gasteiger partial charge < -0.3 is 15.0 Å². The van der Waals surface area contributed by atoms with Crippen molar-refractivity contribution in [3.63, 3.8) is 0 Å². The van der Waals surface area contributed by atoms with Crippen LogP contribution in [-0.4, -0.2) is 55.2 Å². The number of nitrogens with one attached hydrogen (secondary N) is 2.